The summed E-state index contributed by atoms with van der Waals surface area (Å²) in [6, 6.07) is 22.8. The summed E-state index contributed by atoms with van der Waals surface area (Å²) < 4.78 is 0. The first-order valence-electron chi connectivity index (χ1n) is 10.1. The fourth-order valence-corrected chi connectivity index (χ4v) is 3.19. The molecule has 5 nitrogen and oxygen atoms in total. The van der Waals surface area contributed by atoms with Crippen molar-refractivity contribution in [2.75, 3.05) is 28.6 Å². The molecule has 0 saturated carbocycles. The third-order valence-electron chi connectivity index (χ3n) is 4.88. The molecule has 3 aromatic carbocycles. The van der Waals surface area contributed by atoms with Gasteiger partial charge < -0.3 is 15.5 Å². The molecule has 0 aliphatic rings. The Balaban J connectivity index is 1.59. The first-order chi connectivity index (χ1) is 14.5. The summed E-state index contributed by atoms with van der Waals surface area (Å²) in [5, 5.41) is 6.03. The zero-order valence-electron chi connectivity index (χ0n) is 17.6. The minimum atomic E-state index is -0.120. The van der Waals surface area contributed by atoms with Gasteiger partial charge in [0, 0.05) is 29.2 Å². The molecule has 0 aliphatic carbocycles. The van der Waals surface area contributed by atoms with Gasteiger partial charge in [-0.2, -0.15) is 0 Å². The number of hydrogen-bond donors (Lipinski definition) is 2. The lowest BCUT2D eigenvalue weighted by Gasteiger charge is -2.21. The molecule has 0 radical (unpaired) electrons. The van der Waals surface area contributed by atoms with Crippen molar-refractivity contribution in [3.63, 3.8) is 0 Å². The SMILES string of the molecule is CCN(C(=O)c1ccc(NCC(=O)Nc2cc(C)ccc2C)cc1)c1ccccc1. The zero-order chi connectivity index (χ0) is 21.5. The molecule has 0 aliphatic heterocycles. The Bertz CT molecular complexity index is 1010. The van der Waals surface area contributed by atoms with E-state index < -0.39 is 0 Å². The number of para-hydroxylation sites is 1. The van der Waals surface area contributed by atoms with Gasteiger partial charge in [0.25, 0.3) is 5.91 Å². The molecular formula is C25H27N3O2. The Morgan fingerprint density at radius 2 is 1.60 bits per heavy atom. The van der Waals surface area contributed by atoms with Crippen LogP contribution in [0.2, 0.25) is 0 Å². The first kappa shape index (κ1) is 21.1. The van der Waals surface area contributed by atoms with Gasteiger partial charge in [-0.3, -0.25) is 9.59 Å². The van der Waals surface area contributed by atoms with E-state index in [1.54, 1.807) is 17.0 Å². The standard InChI is InChI=1S/C25H27N3O2/c1-4-28(22-8-6-5-7-9-22)25(30)20-12-14-21(15-13-20)26-17-24(29)27-23-16-18(2)10-11-19(23)3/h5-16,26H,4,17H2,1-3H3,(H,27,29). The van der Waals surface area contributed by atoms with E-state index in [0.29, 0.717) is 12.1 Å². The Morgan fingerprint density at radius 1 is 0.900 bits per heavy atom. The summed E-state index contributed by atoms with van der Waals surface area (Å²) >= 11 is 0. The van der Waals surface area contributed by atoms with Crippen LogP contribution in [0.3, 0.4) is 0 Å². The molecule has 154 valence electrons. The maximum atomic E-state index is 12.9. The lowest BCUT2D eigenvalue weighted by molar-refractivity contribution is -0.114. The summed E-state index contributed by atoms with van der Waals surface area (Å²) in [5.41, 5.74) is 5.20. The van der Waals surface area contributed by atoms with E-state index in [2.05, 4.69) is 10.6 Å². The highest BCUT2D eigenvalue weighted by Gasteiger charge is 2.15. The number of nitrogens with zero attached hydrogens (tertiary/aromatic N) is 1. The largest absolute Gasteiger partial charge is 0.376 e. The molecule has 3 aromatic rings. The van der Waals surface area contributed by atoms with Crippen LogP contribution >= 0.6 is 0 Å². The third-order valence-corrected chi connectivity index (χ3v) is 4.88. The van der Waals surface area contributed by atoms with Crippen molar-refractivity contribution in [3.05, 3.63) is 89.5 Å². The maximum absolute atomic E-state index is 12.9. The van der Waals surface area contributed by atoms with E-state index in [1.165, 1.54) is 0 Å². The molecule has 0 bridgehead atoms. The van der Waals surface area contributed by atoms with Gasteiger partial charge >= 0.3 is 0 Å². The van der Waals surface area contributed by atoms with E-state index in [4.69, 9.17) is 0 Å². The maximum Gasteiger partial charge on any atom is 0.258 e. The van der Waals surface area contributed by atoms with Crippen LogP contribution in [0.5, 0.6) is 0 Å². The molecule has 30 heavy (non-hydrogen) atoms. The second-order valence-corrected chi connectivity index (χ2v) is 7.18. The monoisotopic (exact) mass is 401 g/mol. The van der Waals surface area contributed by atoms with Crippen molar-refractivity contribution in [1.29, 1.82) is 0 Å². The van der Waals surface area contributed by atoms with Crippen LogP contribution in [0.1, 0.15) is 28.4 Å². The number of amides is 2. The second-order valence-electron chi connectivity index (χ2n) is 7.18. The fraction of sp³-hybridized carbons (Fsp3) is 0.200. The molecule has 5 heteroatoms. The number of benzene rings is 3. The Morgan fingerprint density at radius 3 is 2.27 bits per heavy atom. The number of rotatable bonds is 7. The normalized spacial score (nSPS) is 10.4. The highest BCUT2D eigenvalue weighted by atomic mass is 16.2. The molecule has 0 fully saturated rings. The highest BCUT2D eigenvalue weighted by Crippen LogP contribution is 2.19. The van der Waals surface area contributed by atoms with Crippen molar-refractivity contribution in [2.24, 2.45) is 0 Å². The molecule has 2 amide bonds. The molecule has 3 rings (SSSR count). The molecule has 0 atom stereocenters. The van der Waals surface area contributed by atoms with Gasteiger partial charge in [0.2, 0.25) is 5.91 Å². The van der Waals surface area contributed by atoms with Crippen molar-refractivity contribution < 1.29 is 9.59 Å². The summed E-state index contributed by atoms with van der Waals surface area (Å²) in [4.78, 5) is 26.9. The minimum Gasteiger partial charge on any atom is -0.376 e. The van der Waals surface area contributed by atoms with E-state index in [0.717, 1.165) is 28.2 Å². The minimum absolute atomic E-state index is 0.0529. The van der Waals surface area contributed by atoms with E-state index in [9.17, 15) is 9.59 Å². The van der Waals surface area contributed by atoms with Gasteiger partial charge in [-0.25, -0.2) is 0 Å². The Hall–Kier alpha value is -3.60. The number of nitrogens with one attached hydrogen (secondary N) is 2. The average Bonchev–Trinajstić information content (AvgIpc) is 2.76. The average molecular weight is 402 g/mol. The van der Waals surface area contributed by atoms with Crippen LogP contribution in [-0.4, -0.2) is 24.9 Å². The molecule has 2 N–H and O–H groups in total. The molecule has 0 saturated heterocycles. The number of aryl methyl sites for hydroxylation is 2. The summed E-state index contributed by atoms with van der Waals surface area (Å²) in [6.45, 7) is 6.64. The first-order valence-corrected chi connectivity index (χ1v) is 10.1. The summed E-state index contributed by atoms with van der Waals surface area (Å²) in [6.07, 6.45) is 0. The van der Waals surface area contributed by atoms with Crippen LogP contribution in [0.4, 0.5) is 17.1 Å². The van der Waals surface area contributed by atoms with Crippen molar-refractivity contribution >= 4 is 28.9 Å². The van der Waals surface area contributed by atoms with Crippen LogP contribution in [0, 0.1) is 13.8 Å². The van der Waals surface area contributed by atoms with Crippen molar-refractivity contribution in [2.45, 2.75) is 20.8 Å². The van der Waals surface area contributed by atoms with E-state index in [1.807, 2.05) is 81.4 Å². The topological polar surface area (TPSA) is 61.4 Å². The summed E-state index contributed by atoms with van der Waals surface area (Å²) in [5.74, 6) is -0.173. The number of carbonyl (C=O) groups excluding carboxylic acids is 2. The molecule has 0 unspecified atom stereocenters. The summed E-state index contributed by atoms with van der Waals surface area (Å²) in [7, 11) is 0. The van der Waals surface area contributed by atoms with Crippen LogP contribution in [0.25, 0.3) is 0 Å². The van der Waals surface area contributed by atoms with Gasteiger partial charge in [-0.05, 0) is 74.4 Å². The number of hydrogen-bond acceptors (Lipinski definition) is 3. The molecule has 0 heterocycles. The molecule has 0 aromatic heterocycles. The quantitative estimate of drug-likeness (QED) is 0.584. The second kappa shape index (κ2) is 9.74. The van der Waals surface area contributed by atoms with E-state index in [-0.39, 0.29) is 18.4 Å². The van der Waals surface area contributed by atoms with Crippen LogP contribution in [0.15, 0.2) is 72.8 Å². The van der Waals surface area contributed by atoms with Gasteiger partial charge in [-0.1, -0.05) is 30.3 Å². The Kier molecular flexibility index (Phi) is 6.86. The van der Waals surface area contributed by atoms with Gasteiger partial charge in [0.15, 0.2) is 0 Å². The lowest BCUT2D eigenvalue weighted by Crippen LogP contribution is -2.30. The van der Waals surface area contributed by atoms with Crippen molar-refractivity contribution in [1.82, 2.24) is 0 Å². The van der Waals surface area contributed by atoms with Gasteiger partial charge in [0.1, 0.15) is 0 Å². The van der Waals surface area contributed by atoms with E-state index >= 15 is 0 Å². The van der Waals surface area contributed by atoms with Crippen LogP contribution in [-0.2, 0) is 4.79 Å². The smallest absolute Gasteiger partial charge is 0.258 e. The lowest BCUT2D eigenvalue weighted by atomic mass is 10.1. The Labute approximate surface area is 177 Å². The molecular weight excluding hydrogens is 374 g/mol. The van der Waals surface area contributed by atoms with Crippen LogP contribution < -0.4 is 15.5 Å². The fourth-order valence-electron chi connectivity index (χ4n) is 3.19. The number of anilines is 3. The van der Waals surface area contributed by atoms with Crippen molar-refractivity contribution in [3.8, 4) is 0 Å². The third kappa shape index (κ3) is 5.26. The molecule has 0 spiro atoms. The predicted octanol–water partition coefficient (Wildman–Crippen LogP) is 5.02. The van der Waals surface area contributed by atoms with Gasteiger partial charge in [-0.15, -0.1) is 0 Å². The van der Waals surface area contributed by atoms with Gasteiger partial charge in [0.05, 0.1) is 6.54 Å². The predicted molar refractivity (Wildman–Crippen MR) is 123 cm³/mol. The zero-order valence-corrected chi connectivity index (χ0v) is 17.6. The highest BCUT2D eigenvalue weighted by molar-refractivity contribution is 6.06. The number of carbonyl (C=O) groups is 2.